The molecule has 2 aromatic heterocycles. The first-order valence-electron chi connectivity index (χ1n) is 9.62. The molecule has 3 heterocycles. The quantitative estimate of drug-likeness (QED) is 0.700. The van der Waals surface area contributed by atoms with Crippen LogP contribution in [0.4, 0.5) is 11.6 Å². The van der Waals surface area contributed by atoms with E-state index in [1.54, 1.807) is 17.3 Å². The van der Waals surface area contributed by atoms with Crippen LogP contribution in [-0.2, 0) is 11.3 Å². The van der Waals surface area contributed by atoms with Gasteiger partial charge in [0, 0.05) is 49.6 Å². The maximum Gasteiger partial charge on any atom is 0.252 e. The maximum atomic E-state index is 12.7. The number of carbonyl (C=O) groups is 1. The zero-order valence-corrected chi connectivity index (χ0v) is 16.5. The lowest BCUT2D eigenvalue weighted by Gasteiger charge is -2.20. The second-order valence-electron chi connectivity index (χ2n) is 7.36. The summed E-state index contributed by atoms with van der Waals surface area (Å²) in [6.07, 6.45) is 3.81. The van der Waals surface area contributed by atoms with Crippen LogP contribution in [0.25, 0.3) is 0 Å². The van der Waals surface area contributed by atoms with Crippen molar-refractivity contribution in [2.45, 2.75) is 32.7 Å². The van der Waals surface area contributed by atoms with Crippen LogP contribution in [0.5, 0.6) is 0 Å². The highest BCUT2D eigenvalue weighted by Crippen LogP contribution is 2.33. The topological polar surface area (TPSA) is 91.0 Å². The van der Waals surface area contributed by atoms with Crippen molar-refractivity contribution in [3.8, 4) is 0 Å². The molecular formula is C22H23N5O2. The Hall–Kier alpha value is -3.48. The minimum absolute atomic E-state index is 0.0515. The van der Waals surface area contributed by atoms with Gasteiger partial charge in [0.15, 0.2) is 0 Å². The first kappa shape index (κ1) is 18.9. The fraction of sp³-hybridized carbons (Fsp3) is 0.273. The Kier molecular flexibility index (Phi) is 5.12. The molecule has 1 aliphatic rings. The minimum Gasteiger partial charge on any atom is -0.352 e. The number of nitrogens with one attached hydrogen (secondary N) is 2. The van der Waals surface area contributed by atoms with Crippen LogP contribution in [0.3, 0.4) is 0 Å². The third kappa shape index (κ3) is 4.03. The molecule has 3 aromatic rings. The van der Waals surface area contributed by atoms with Crippen molar-refractivity contribution in [1.82, 2.24) is 15.0 Å². The molecule has 1 aliphatic heterocycles. The maximum absolute atomic E-state index is 12.7. The Morgan fingerprint density at radius 3 is 2.86 bits per heavy atom. The van der Waals surface area contributed by atoms with Crippen molar-refractivity contribution < 1.29 is 4.79 Å². The second kappa shape index (κ2) is 7.87. The lowest BCUT2D eigenvalue weighted by atomic mass is 10.0. The third-order valence-electron chi connectivity index (χ3n) is 5.35. The van der Waals surface area contributed by atoms with Gasteiger partial charge in [0.2, 0.25) is 11.9 Å². The van der Waals surface area contributed by atoms with Gasteiger partial charge in [-0.25, -0.2) is 4.98 Å². The first-order valence-corrected chi connectivity index (χ1v) is 9.62. The van der Waals surface area contributed by atoms with E-state index < -0.39 is 0 Å². The molecule has 1 amide bonds. The fourth-order valence-corrected chi connectivity index (χ4v) is 3.62. The molecule has 1 saturated heterocycles. The summed E-state index contributed by atoms with van der Waals surface area (Å²) in [6, 6.07) is 11.3. The summed E-state index contributed by atoms with van der Waals surface area (Å²) in [7, 11) is 0. The monoisotopic (exact) mass is 389 g/mol. The largest absolute Gasteiger partial charge is 0.352 e. The van der Waals surface area contributed by atoms with E-state index in [0.29, 0.717) is 31.2 Å². The third-order valence-corrected chi connectivity index (χ3v) is 5.35. The highest BCUT2D eigenvalue weighted by atomic mass is 16.2. The average Bonchev–Trinajstić information content (AvgIpc) is 3.10. The lowest BCUT2D eigenvalue weighted by Crippen LogP contribution is -2.25. The lowest BCUT2D eigenvalue weighted by molar-refractivity contribution is -0.117. The van der Waals surface area contributed by atoms with E-state index in [0.717, 1.165) is 22.4 Å². The zero-order chi connectivity index (χ0) is 20.4. The highest BCUT2D eigenvalue weighted by molar-refractivity contribution is 5.97. The van der Waals surface area contributed by atoms with Crippen molar-refractivity contribution in [2.75, 3.05) is 16.8 Å². The van der Waals surface area contributed by atoms with Crippen molar-refractivity contribution >= 4 is 17.5 Å². The van der Waals surface area contributed by atoms with Gasteiger partial charge < -0.3 is 10.2 Å². The average molecular weight is 389 g/mol. The van der Waals surface area contributed by atoms with Gasteiger partial charge in [-0.15, -0.1) is 0 Å². The number of rotatable bonds is 5. The molecule has 7 heteroatoms. The molecule has 0 radical (unpaired) electrons. The van der Waals surface area contributed by atoms with Gasteiger partial charge in [-0.05, 0) is 42.7 Å². The molecule has 0 bridgehead atoms. The molecular weight excluding hydrogens is 366 g/mol. The van der Waals surface area contributed by atoms with Gasteiger partial charge >= 0.3 is 0 Å². The molecule has 1 atom stereocenters. The molecule has 0 saturated carbocycles. The number of nitrogens with zero attached hydrogens (tertiary/aromatic N) is 3. The van der Waals surface area contributed by atoms with Gasteiger partial charge in [0.1, 0.15) is 0 Å². The van der Waals surface area contributed by atoms with Gasteiger partial charge in [-0.3, -0.25) is 19.6 Å². The SMILES string of the molecule is Cc1cccc(N2CC(c3cc(=O)[nH]c(NCc4cccnc4)n3)CC2=O)c1C. The summed E-state index contributed by atoms with van der Waals surface area (Å²) in [5.41, 5.74) is 4.55. The van der Waals surface area contributed by atoms with Gasteiger partial charge in [-0.1, -0.05) is 18.2 Å². The van der Waals surface area contributed by atoms with E-state index >= 15 is 0 Å². The van der Waals surface area contributed by atoms with Gasteiger partial charge in [-0.2, -0.15) is 0 Å². The predicted octanol–water partition coefficient (Wildman–Crippen LogP) is 2.91. The van der Waals surface area contributed by atoms with Crippen LogP contribution in [0.15, 0.2) is 53.6 Å². The number of benzene rings is 1. The summed E-state index contributed by atoms with van der Waals surface area (Å²) in [5.74, 6) is 0.327. The Morgan fingerprint density at radius 1 is 1.21 bits per heavy atom. The van der Waals surface area contributed by atoms with Crippen LogP contribution < -0.4 is 15.8 Å². The molecule has 1 unspecified atom stereocenters. The Bertz CT molecular complexity index is 1090. The molecule has 29 heavy (non-hydrogen) atoms. The summed E-state index contributed by atoms with van der Waals surface area (Å²) in [4.78, 5) is 38.0. The smallest absolute Gasteiger partial charge is 0.252 e. The normalized spacial score (nSPS) is 16.3. The molecule has 0 spiro atoms. The number of hydrogen-bond donors (Lipinski definition) is 2. The summed E-state index contributed by atoms with van der Waals surface area (Å²) in [5, 5.41) is 3.13. The zero-order valence-electron chi connectivity index (χ0n) is 16.5. The molecule has 7 nitrogen and oxygen atoms in total. The number of anilines is 2. The number of H-pyrrole nitrogens is 1. The van der Waals surface area contributed by atoms with Crippen LogP contribution in [0.1, 0.15) is 34.7 Å². The van der Waals surface area contributed by atoms with E-state index in [2.05, 4.69) is 20.3 Å². The Balaban J connectivity index is 1.54. The number of aromatic nitrogens is 3. The Morgan fingerprint density at radius 2 is 2.07 bits per heavy atom. The van der Waals surface area contributed by atoms with E-state index in [-0.39, 0.29) is 17.4 Å². The van der Waals surface area contributed by atoms with Gasteiger partial charge in [0.25, 0.3) is 5.56 Å². The summed E-state index contributed by atoms with van der Waals surface area (Å²) >= 11 is 0. The standard InChI is InChI=1S/C22H23N5O2/c1-14-5-3-7-19(15(14)2)27-13-17(9-21(27)29)18-10-20(28)26-22(25-18)24-12-16-6-4-8-23-11-16/h3-8,10-11,17H,9,12-13H2,1-2H3,(H2,24,25,26,28). The van der Waals surface area contributed by atoms with Crippen LogP contribution in [-0.4, -0.2) is 27.4 Å². The van der Waals surface area contributed by atoms with Gasteiger partial charge in [0.05, 0.1) is 5.69 Å². The molecule has 0 aliphatic carbocycles. The fourth-order valence-electron chi connectivity index (χ4n) is 3.62. The second-order valence-corrected chi connectivity index (χ2v) is 7.36. The molecule has 148 valence electrons. The van der Waals surface area contributed by atoms with E-state index in [1.165, 1.54) is 6.07 Å². The predicted molar refractivity (Wildman–Crippen MR) is 112 cm³/mol. The number of aryl methyl sites for hydroxylation is 1. The number of carbonyl (C=O) groups excluding carboxylic acids is 1. The Labute approximate surface area is 168 Å². The molecule has 1 fully saturated rings. The van der Waals surface area contributed by atoms with E-state index in [4.69, 9.17) is 0 Å². The van der Waals surface area contributed by atoms with Crippen molar-refractivity contribution in [3.05, 3.63) is 81.5 Å². The first-order chi connectivity index (χ1) is 14.0. The number of amides is 1. The molecule has 2 N–H and O–H groups in total. The van der Waals surface area contributed by atoms with E-state index in [1.807, 2.05) is 44.2 Å². The van der Waals surface area contributed by atoms with Crippen LogP contribution >= 0.6 is 0 Å². The van der Waals surface area contributed by atoms with Crippen molar-refractivity contribution in [1.29, 1.82) is 0 Å². The van der Waals surface area contributed by atoms with Crippen LogP contribution in [0.2, 0.25) is 0 Å². The van der Waals surface area contributed by atoms with Crippen molar-refractivity contribution in [2.24, 2.45) is 0 Å². The number of pyridine rings is 1. The highest BCUT2D eigenvalue weighted by Gasteiger charge is 2.33. The summed E-state index contributed by atoms with van der Waals surface area (Å²) < 4.78 is 0. The minimum atomic E-state index is -0.235. The molecule has 1 aromatic carbocycles. The van der Waals surface area contributed by atoms with E-state index in [9.17, 15) is 9.59 Å². The number of aromatic amines is 1. The van der Waals surface area contributed by atoms with Crippen molar-refractivity contribution in [3.63, 3.8) is 0 Å². The molecule has 4 rings (SSSR count). The summed E-state index contributed by atoms with van der Waals surface area (Å²) in [6.45, 7) is 5.08. The number of hydrogen-bond acceptors (Lipinski definition) is 5. The van der Waals surface area contributed by atoms with Crippen LogP contribution in [0, 0.1) is 13.8 Å².